The molecule has 2 aliphatic rings. The lowest BCUT2D eigenvalue weighted by Gasteiger charge is -2.36. The van der Waals surface area contributed by atoms with Crippen molar-refractivity contribution < 1.29 is 4.79 Å². The lowest BCUT2D eigenvalue weighted by molar-refractivity contribution is -0.131. The molecule has 1 aromatic rings. The number of hydrogen-bond donors (Lipinski definition) is 1. The second-order valence-electron chi connectivity index (χ2n) is 7.99. The minimum Gasteiger partial charge on any atom is -0.356 e. The third kappa shape index (κ3) is 6.79. The molecule has 2 saturated heterocycles. The fourth-order valence-corrected chi connectivity index (χ4v) is 3.75. The average molecular weight is 532 g/mol. The Balaban J connectivity index is 0.00000320. The summed E-state index contributed by atoms with van der Waals surface area (Å²) in [5, 5.41) is 11.9. The van der Waals surface area contributed by atoms with Gasteiger partial charge in [0, 0.05) is 52.9 Å². The number of hydrogen-bond acceptors (Lipinski definition) is 5. The smallest absolute Gasteiger partial charge is 0.236 e. The molecule has 0 unspecified atom stereocenters. The van der Waals surface area contributed by atoms with Crippen LogP contribution in [0, 0.1) is 6.92 Å². The van der Waals surface area contributed by atoms with Gasteiger partial charge in [0.05, 0.1) is 6.54 Å². The van der Waals surface area contributed by atoms with Crippen LogP contribution in [0.2, 0.25) is 0 Å². The van der Waals surface area contributed by atoms with Gasteiger partial charge in [-0.15, -0.1) is 34.2 Å². The van der Waals surface area contributed by atoms with Crippen molar-refractivity contribution in [2.45, 2.75) is 46.1 Å². The Labute approximate surface area is 197 Å². The van der Waals surface area contributed by atoms with Crippen LogP contribution in [0.25, 0.3) is 0 Å². The summed E-state index contributed by atoms with van der Waals surface area (Å²) >= 11 is 0. The molecule has 1 aromatic heterocycles. The molecule has 0 radical (unpaired) electrons. The zero-order valence-corrected chi connectivity index (χ0v) is 21.0. The Kier molecular flexibility index (Phi) is 10.3. The van der Waals surface area contributed by atoms with E-state index in [1.165, 1.54) is 0 Å². The van der Waals surface area contributed by atoms with Crippen molar-refractivity contribution in [1.82, 2.24) is 34.8 Å². The van der Waals surface area contributed by atoms with E-state index >= 15 is 0 Å². The lowest BCUT2D eigenvalue weighted by atomic mass is 10.3. The van der Waals surface area contributed by atoms with Crippen molar-refractivity contribution in [1.29, 1.82) is 0 Å². The Bertz CT molecular complexity index is 693. The summed E-state index contributed by atoms with van der Waals surface area (Å²) in [7, 11) is 1.97. The predicted octanol–water partition coefficient (Wildman–Crippen LogP) is 1.23. The zero-order chi connectivity index (χ0) is 20.6. The minimum absolute atomic E-state index is 0. The molecule has 0 aliphatic carbocycles. The number of unbranched alkanes of at least 4 members (excludes halogenated alkanes) is 1. The van der Waals surface area contributed by atoms with Gasteiger partial charge in [0.1, 0.15) is 12.4 Å². The van der Waals surface area contributed by atoms with Gasteiger partial charge < -0.3 is 19.7 Å². The fraction of sp³-hybridized carbons (Fsp3) is 0.800. The average Bonchev–Trinajstić information content (AvgIpc) is 3.37. The van der Waals surface area contributed by atoms with E-state index in [1.807, 2.05) is 23.4 Å². The summed E-state index contributed by atoms with van der Waals surface area (Å²) in [6, 6.07) is 0. The van der Waals surface area contributed by atoms with Crippen LogP contribution in [0.15, 0.2) is 4.99 Å². The molecule has 170 valence electrons. The van der Waals surface area contributed by atoms with Gasteiger partial charge in [0.25, 0.3) is 0 Å². The van der Waals surface area contributed by atoms with Gasteiger partial charge in [-0.05, 0) is 26.2 Å². The highest BCUT2D eigenvalue weighted by Crippen LogP contribution is 2.10. The standard InChI is InChI=1S/C20H36N8O.HI/c1-4-5-8-21-20(22-15-18-24-23-17(2)25(18)3)28-13-11-26(12-14-28)16-19(29)27-9-6-7-10-27;/h4-16H2,1-3H3,(H,21,22);1H. The maximum Gasteiger partial charge on any atom is 0.236 e. The van der Waals surface area contributed by atoms with Gasteiger partial charge >= 0.3 is 0 Å². The molecule has 0 saturated carbocycles. The van der Waals surface area contributed by atoms with E-state index in [1.54, 1.807) is 0 Å². The summed E-state index contributed by atoms with van der Waals surface area (Å²) < 4.78 is 1.98. The summed E-state index contributed by atoms with van der Waals surface area (Å²) in [6.07, 6.45) is 4.56. The number of aliphatic imine (C=N–C) groups is 1. The third-order valence-electron chi connectivity index (χ3n) is 5.86. The van der Waals surface area contributed by atoms with Crippen LogP contribution in [0.3, 0.4) is 0 Å². The molecule has 1 amide bonds. The van der Waals surface area contributed by atoms with Crippen molar-refractivity contribution in [2.75, 3.05) is 52.4 Å². The lowest BCUT2D eigenvalue weighted by Crippen LogP contribution is -2.54. The minimum atomic E-state index is 0. The monoisotopic (exact) mass is 532 g/mol. The molecule has 2 aliphatic heterocycles. The number of carbonyl (C=O) groups excluding carboxylic acids is 1. The summed E-state index contributed by atoms with van der Waals surface area (Å²) in [4.78, 5) is 23.8. The van der Waals surface area contributed by atoms with Crippen LogP contribution in [0.1, 0.15) is 44.3 Å². The SMILES string of the molecule is CCCCNC(=NCc1nnc(C)n1C)N1CCN(CC(=O)N2CCCC2)CC1.I. The number of aryl methyl sites for hydroxylation is 1. The van der Waals surface area contributed by atoms with Crippen molar-refractivity contribution in [3.63, 3.8) is 0 Å². The molecular formula is C20H37IN8O. The van der Waals surface area contributed by atoms with Crippen molar-refractivity contribution in [3.8, 4) is 0 Å². The van der Waals surface area contributed by atoms with Gasteiger partial charge in [0.15, 0.2) is 11.8 Å². The number of rotatable bonds is 7. The topological polar surface area (TPSA) is 81.9 Å². The second kappa shape index (κ2) is 12.4. The molecule has 2 fully saturated rings. The predicted molar refractivity (Wildman–Crippen MR) is 129 cm³/mol. The second-order valence-corrected chi connectivity index (χ2v) is 7.99. The molecule has 9 nitrogen and oxygen atoms in total. The number of nitrogens with one attached hydrogen (secondary N) is 1. The number of aromatic nitrogens is 3. The third-order valence-corrected chi connectivity index (χ3v) is 5.86. The fourth-order valence-electron chi connectivity index (χ4n) is 3.75. The van der Waals surface area contributed by atoms with Gasteiger partial charge in [-0.1, -0.05) is 13.3 Å². The van der Waals surface area contributed by atoms with E-state index in [2.05, 4.69) is 32.2 Å². The number of amides is 1. The number of likely N-dealkylation sites (tertiary alicyclic amines) is 1. The van der Waals surface area contributed by atoms with Gasteiger partial charge in [0.2, 0.25) is 5.91 Å². The van der Waals surface area contributed by atoms with E-state index < -0.39 is 0 Å². The highest BCUT2D eigenvalue weighted by molar-refractivity contribution is 14.0. The first-order chi connectivity index (χ1) is 14.1. The first-order valence-electron chi connectivity index (χ1n) is 11.0. The molecule has 3 heterocycles. The summed E-state index contributed by atoms with van der Waals surface area (Å²) in [6.45, 7) is 11.5. The van der Waals surface area contributed by atoms with Crippen LogP contribution in [0.4, 0.5) is 0 Å². The maximum absolute atomic E-state index is 12.4. The van der Waals surface area contributed by atoms with E-state index in [0.717, 1.165) is 89.1 Å². The Hall–Kier alpha value is -1.43. The summed E-state index contributed by atoms with van der Waals surface area (Å²) in [5.41, 5.74) is 0. The number of piperazine rings is 1. The van der Waals surface area contributed by atoms with Crippen molar-refractivity contribution in [2.24, 2.45) is 12.0 Å². The molecule has 30 heavy (non-hydrogen) atoms. The number of carbonyl (C=O) groups is 1. The molecule has 0 aromatic carbocycles. The Morgan fingerprint density at radius 2 is 1.77 bits per heavy atom. The van der Waals surface area contributed by atoms with Crippen LogP contribution in [0.5, 0.6) is 0 Å². The van der Waals surface area contributed by atoms with E-state index in [-0.39, 0.29) is 29.9 Å². The molecule has 0 atom stereocenters. The molecule has 1 N–H and O–H groups in total. The molecule has 10 heteroatoms. The van der Waals surface area contributed by atoms with Gasteiger partial charge in [-0.25, -0.2) is 4.99 Å². The normalized spacial score (nSPS) is 17.9. The largest absolute Gasteiger partial charge is 0.356 e. The van der Waals surface area contributed by atoms with Crippen LogP contribution >= 0.6 is 24.0 Å². The zero-order valence-electron chi connectivity index (χ0n) is 18.6. The summed E-state index contributed by atoms with van der Waals surface area (Å²) in [5.74, 6) is 2.98. The van der Waals surface area contributed by atoms with Crippen molar-refractivity contribution in [3.05, 3.63) is 11.6 Å². The highest BCUT2D eigenvalue weighted by atomic mass is 127. The van der Waals surface area contributed by atoms with Gasteiger partial charge in [-0.3, -0.25) is 9.69 Å². The maximum atomic E-state index is 12.4. The van der Waals surface area contributed by atoms with Crippen LogP contribution < -0.4 is 5.32 Å². The van der Waals surface area contributed by atoms with E-state index in [9.17, 15) is 4.79 Å². The molecule has 0 spiro atoms. The Morgan fingerprint density at radius 3 is 2.37 bits per heavy atom. The van der Waals surface area contributed by atoms with E-state index in [0.29, 0.717) is 13.1 Å². The number of nitrogens with zero attached hydrogens (tertiary/aromatic N) is 7. The van der Waals surface area contributed by atoms with Crippen LogP contribution in [-0.4, -0.2) is 93.7 Å². The molecular weight excluding hydrogens is 495 g/mol. The quantitative estimate of drug-likeness (QED) is 0.246. The number of halogens is 1. The molecule has 3 rings (SSSR count). The highest BCUT2D eigenvalue weighted by Gasteiger charge is 2.24. The first-order valence-corrected chi connectivity index (χ1v) is 11.0. The van der Waals surface area contributed by atoms with Gasteiger partial charge in [-0.2, -0.15) is 0 Å². The Morgan fingerprint density at radius 1 is 1.07 bits per heavy atom. The van der Waals surface area contributed by atoms with E-state index in [4.69, 9.17) is 4.99 Å². The van der Waals surface area contributed by atoms with Crippen molar-refractivity contribution >= 4 is 35.8 Å². The first kappa shape index (κ1) is 24.8. The van der Waals surface area contributed by atoms with Crippen LogP contribution in [-0.2, 0) is 18.4 Å². The number of guanidine groups is 1. The molecule has 0 bridgehead atoms.